The Kier molecular flexibility index (Phi) is 5.37. The molecule has 7 nitrogen and oxygen atoms in total. The molecule has 0 bridgehead atoms. The van der Waals surface area contributed by atoms with Crippen molar-refractivity contribution >= 4 is 29.2 Å². The van der Waals surface area contributed by atoms with E-state index in [9.17, 15) is 14.9 Å². The highest BCUT2D eigenvalue weighted by atomic mass is 32.2. The second-order valence-corrected chi connectivity index (χ2v) is 4.46. The van der Waals surface area contributed by atoms with Crippen LogP contribution in [-0.4, -0.2) is 39.0 Å². The summed E-state index contributed by atoms with van der Waals surface area (Å²) in [5, 5.41) is 22.2. The molecule has 0 fully saturated rings. The molecule has 8 heteroatoms. The van der Waals surface area contributed by atoms with E-state index >= 15 is 0 Å². The fourth-order valence-corrected chi connectivity index (χ4v) is 1.72. The van der Waals surface area contributed by atoms with Gasteiger partial charge in [0.2, 0.25) is 0 Å². The molecule has 2 N–H and O–H groups in total. The van der Waals surface area contributed by atoms with Crippen molar-refractivity contribution in [3.63, 3.8) is 0 Å². The summed E-state index contributed by atoms with van der Waals surface area (Å²) in [4.78, 5) is 24.7. The van der Waals surface area contributed by atoms with Gasteiger partial charge in [0.1, 0.15) is 18.1 Å². The molecule has 0 aliphatic rings. The van der Waals surface area contributed by atoms with Gasteiger partial charge in [-0.05, 0) is 24.5 Å². The lowest BCUT2D eigenvalue weighted by molar-refractivity contribution is -0.385. The maximum atomic E-state index is 11.0. The minimum absolute atomic E-state index is 0.128. The van der Waals surface area contributed by atoms with Crippen LogP contribution in [0, 0.1) is 10.1 Å². The molecular weight excluding hydrogens is 258 g/mol. The predicted molar refractivity (Wildman–Crippen MR) is 68.9 cm³/mol. The van der Waals surface area contributed by atoms with Gasteiger partial charge in [0.25, 0.3) is 5.69 Å². The summed E-state index contributed by atoms with van der Waals surface area (Å²) in [6.07, 6.45) is 3.44. The van der Waals surface area contributed by atoms with Crippen LogP contribution < -0.4 is 5.32 Å². The Morgan fingerprint density at radius 3 is 2.83 bits per heavy atom. The first-order valence-corrected chi connectivity index (χ1v) is 6.52. The highest BCUT2D eigenvalue weighted by molar-refractivity contribution is 7.98. The number of hydrogen-bond acceptors (Lipinski definition) is 6. The molecule has 98 valence electrons. The summed E-state index contributed by atoms with van der Waals surface area (Å²) in [6.45, 7) is 0. The average molecular weight is 271 g/mol. The van der Waals surface area contributed by atoms with Crippen molar-refractivity contribution in [2.24, 2.45) is 0 Å². The van der Waals surface area contributed by atoms with Gasteiger partial charge in [-0.1, -0.05) is 0 Å². The number of rotatable bonds is 7. The number of pyridine rings is 1. The number of aromatic nitrogens is 1. The Morgan fingerprint density at radius 2 is 2.39 bits per heavy atom. The zero-order chi connectivity index (χ0) is 13.5. The summed E-state index contributed by atoms with van der Waals surface area (Å²) in [6, 6.07) is 1.93. The van der Waals surface area contributed by atoms with Gasteiger partial charge in [-0.15, -0.1) is 0 Å². The van der Waals surface area contributed by atoms with Crippen molar-refractivity contribution in [2.45, 2.75) is 12.5 Å². The second-order valence-electron chi connectivity index (χ2n) is 3.48. The Bertz CT molecular complexity index is 424. The van der Waals surface area contributed by atoms with Crippen LogP contribution in [0.3, 0.4) is 0 Å². The number of carboxylic acids is 1. The number of carboxylic acid groups (broad SMARTS) is 1. The zero-order valence-electron chi connectivity index (χ0n) is 9.70. The van der Waals surface area contributed by atoms with E-state index < -0.39 is 16.9 Å². The fraction of sp³-hybridized carbons (Fsp3) is 0.400. The van der Waals surface area contributed by atoms with Gasteiger partial charge < -0.3 is 10.4 Å². The fourth-order valence-electron chi connectivity index (χ4n) is 1.25. The Hall–Kier alpha value is -1.83. The van der Waals surface area contributed by atoms with E-state index in [0.29, 0.717) is 18.0 Å². The molecule has 0 spiro atoms. The van der Waals surface area contributed by atoms with Gasteiger partial charge >= 0.3 is 5.97 Å². The lowest BCUT2D eigenvalue weighted by Crippen LogP contribution is -2.30. The van der Waals surface area contributed by atoms with Crippen LogP contribution in [0.25, 0.3) is 0 Å². The van der Waals surface area contributed by atoms with Crippen molar-refractivity contribution in [2.75, 3.05) is 17.3 Å². The van der Waals surface area contributed by atoms with E-state index in [0.717, 1.165) is 6.20 Å². The van der Waals surface area contributed by atoms with E-state index in [1.807, 2.05) is 6.26 Å². The van der Waals surface area contributed by atoms with Crippen LogP contribution in [0.5, 0.6) is 0 Å². The first-order valence-electron chi connectivity index (χ1n) is 5.13. The normalized spacial score (nSPS) is 11.8. The van der Waals surface area contributed by atoms with E-state index in [1.165, 1.54) is 12.1 Å². The molecular formula is C10H13N3O4S. The van der Waals surface area contributed by atoms with Gasteiger partial charge in [-0.25, -0.2) is 9.78 Å². The second kappa shape index (κ2) is 6.80. The molecule has 0 aliphatic carbocycles. The lowest BCUT2D eigenvalue weighted by Gasteiger charge is -2.14. The number of nitro groups is 1. The third-order valence-corrected chi connectivity index (χ3v) is 2.83. The van der Waals surface area contributed by atoms with Gasteiger partial charge in [0.15, 0.2) is 0 Å². The maximum absolute atomic E-state index is 11.0. The highest BCUT2D eigenvalue weighted by Gasteiger charge is 2.17. The Labute approximate surface area is 108 Å². The minimum Gasteiger partial charge on any atom is -0.480 e. The smallest absolute Gasteiger partial charge is 0.326 e. The van der Waals surface area contributed by atoms with Crippen molar-refractivity contribution < 1.29 is 14.8 Å². The Morgan fingerprint density at radius 1 is 1.67 bits per heavy atom. The first kappa shape index (κ1) is 14.2. The molecule has 1 aromatic rings. The average Bonchev–Trinajstić information content (AvgIpc) is 2.34. The van der Waals surface area contributed by atoms with E-state index in [4.69, 9.17) is 5.11 Å². The standard InChI is InChI=1S/C10H13N3O4S/c1-18-5-4-8(10(14)15)12-9-3-2-7(6-11-9)13(16)17/h2-3,6,8H,4-5H2,1H3,(H,11,12)(H,14,15). The van der Waals surface area contributed by atoms with Gasteiger partial charge in [0.05, 0.1) is 4.92 Å². The van der Waals surface area contributed by atoms with Crippen molar-refractivity contribution in [3.8, 4) is 0 Å². The molecule has 1 heterocycles. The molecule has 0 radical (unpaired) electrons. The van der Waals surface area contributed by atoms with Crippen LogP contribution >= 0.6 is 11.8 Å². The number of carbonyl (C=O) groups is 1. The number of nitrogens with zero attached hydrogens (tertiary/aromatic N) is 2. The molecule has 0 saturated heterocycles. The summed E-state index contributed by atoms with van der Waals surface area (Å²) in [5.74, 6) is 0.0510. The summed E-state index contributed by atoms with van der Waals surface area (Å²) in [5.41, 5.74) is -0.128. The molecule has 1 atom stereocenters. The van der Waals surface area contributed by atoms with Gasteiger partial charge in [0, 0.05) is 6.07 Å². The van der Waals surface area contributed by atoms with Gasteiger partial charge in [-0.3, -0.25) is 10.1 Å². The monoisotopic (exact) mass is 271 g/mol. The van der Waals surface area contributed by atoms with Crippen LogP contribution in [0.4, 0.5) is 11.5 Å². The van der Waals surface area contributed by atoms with Gasteiger partial charge in [-0.2, -0.15) is 11.8 Å². The SMILES string of the molecule is CSCCC(Nc1ccc([N+](=O)[O-])cn1)C(=O)O. The maximum Gasteiger partial charge on any atom is 0.326 e. The molecule has 0 amide bonds. The van der Waals surface area contributed by atoms with Crippen molar-refractivity contribution in [1.82, 2.24) is 4.98 Å². The number of anilines is 1. The number of aliphatic carboxylic acids is 1. The first-order chi connectivity index (χ1) is 8.54. The van der Waals surface area contributed by atoms with Crippen LogP contribution in [0.1, 0.15) is 6.42 Å². The quantitative estimate of drug-likeness (QED) is 0.573. The van der Waals surface area contributed by atoms with E-state index in [1.54, 1.807) is 11.8 Å². The summed E-state index contributed by atoms with van der Waals surface area (Å²) < 4.78 is 0. The molecule has 0 aliphatic heterocycles. The van der Waals surface area contributed by atoms with Crippen LogP contribution in [0.15, 0.2) is 18.3 Å². The molecule has 1 aromatic heterocycles. The third kappa shape index (κ3) is 4.21. The topological polar surface area (TPSA) is 105 Å². The summed E-state index contributed by atoms with van der Waals surface area (Å²) in [7, 11) is 0. The van der Waals surface area contributed by atoms with Crippen molar-refractivity contribution in [3.05, 3.63) is 28.4 Å². The third-order valence-electron chi connectivity index (χ3n) is 2.19. The molecule has 0 saturated carbocycles. The number of thioether (sulfide) groups is 1. The van der Waals surface area contributed by atoms with E-state index in [-0.39, 0.29) is 5.69 Å². The van der Waals surface area contributed by atoms with E-state index in [2.05, 4.69) is 10.3 Å². The largest absolute Gasteiger partial charge is 0.480 e. The van der Waals surface area contributed by atoms with Crippen LogP contribution in [0.2, 0.25) is 0 Å². The predicted octanol–water partition coefficient (Wildman–Crippen LogP) is 1.61. The van der Waals surface area contributed by atoms with Crippen molar-refractivity contribution in [1.29, 1.82) is 0 Å². The number of hydrogen-bond donors (Lipinski definition) is 2. The number of nitrogens with one attached hydrogen (secondary N) is 1. The summed E-state index contributed by atoms with van der Waals surface area (Å²) >= 11 is 1.55. The lowest BCUT2D eigenvalue weighted by atomic mass is 10.2. The zero-order valence-corrected chi connectivity index (χ0v) is 10.5. The van der Waals surface area contributed by atoms with Crippen LogP contribution in [-0.2, 0) is 4.79 Å². The molecule has 18 heavy (non-hydrogen) atoms. The Balaban J connectivity index is 2.68. The minimum atomic E-state index is -0.968. The highest BCUT2D eigenvalue weighted by Crippen LogP contribution is 2.14. The molecule has 0 aromatic carbocycles. The molecule has 1 unspecified atom stereocenters. The molecule has 1 rings (SSSR count).